The Hall–Kier alpha value is -3.60. The molecule has 0 radical (unpaired) electrons. The molecule has 0 saturated carbocycles. The van der Waals surface area contributed by atoms with E-state index in [2.05, 4.69) is 20.5 Å². The van der Waals surface area contributed by atoms with Gasteiger partial charge >= 0.3 is 6.09 Å². The van der Waals surface area contributed by atoms with Crippen LogP contribution in [0.2, 0.25) is 5.02 Å². The molecular weight excluding hydrogens is 530 g/mol. The number of aromatic nitrogens is 3. The molecule has 3 aromatic rings. The van der Waals surface area contributed by atoms with Crippen LogP contribution in [0.5, 0.6) is 5.75 Å². The van der Waals surface area contributed by atoms with Crippen LogP contribution in [0, 0.1) is 0 Å². The van der Waals surface area contributed by atoms with Gasteiger partial charge in [-0.25, -0.2) is 18.7 Å². The number of alkyl halides is 2. The summed E-state index contributed by atoms with van der Waals surface area (Å²) in [5, 5.41) is 9.36. The first-order valence-corrected chi connectivity index (χ1v) is 13.1. The molecule has 0 atom stereocenters. The summed E-state index contributed by atoms with van der Waals surface area (Å²) in [5.41, 5.74) is 5.86. The van der Waals surface area contributed by atoms with Crippen molar-refractivity contribution in [3.8, 4) is 16.9 Å². The average Bonchev–Trinajstić information content (AvgIpc) is 3.28. The van der Waals surface area contributed by atoms with Gasteiger partial charge in [0.25, 0.3) is 5.92 Å². The Balaban J connectivity index is 1.48. The molecule has 0 bridgehead atoms. The number of anilines is 3. The lowest BCUT2D eigenvalue weighted by molar-refractivity contribution is -0.00766. The fraction of sp³-hybridized carbons (Fsp3) is 0.444. The number of amides is 1. The first-order valence-electron chi connectivity index (χ1n) is 12.8. The van der Waals surface area contributed by atoms with Gasteiger partial charge in [0.05, 0.1) is 5.02 Å². The van der Waals surface area contributed by atoms with Crippen LogP contribution in [0.4, 0.5) is 31.2 Å². The Morgan fingerprint density at radius 3 is 2.44 bits per heavy atom. The number of carbonyl (C=O) groups excluding carboxylic acids is 1. The minimum atomic E-state index is -3.13. The number of nitrogens with one attached hydrogen (secondary N) is 2. The molecule has 0 spiro atoms. The first-order chi connectivity index (χ1) is 18.3. The zero-order valence-electron chi connectivity index (χ0n) is 22.4. The van der Waals surface area contributed by atoms with Crippen molar-refractivity contribution in [2.24, 2.45) is 0 Å². The van der Waals surface area contributed by atoms with Crippen LogP contribution in [0.3, 0.4) is 0 Å². The van der Waals surface area contributed by atoms with Crippen molar-refractivity contribution in [2.75, 3.05) is 24.1 Å². The Morgan fingerprint density at radius 1 is 1.21 bits per heavy atom. The van der Waals surface area contributed by atoms with Gasteiger partial charge in [-0.2, -0.15) is 4.98 Å². The molecule has 1 aromatic heterocycles. The minimum absolute atomic E-state index is 0.0758. The molecule has 12 heteroatoms. The quantitative estimate of drug-likeness (QED) is 0.292. The van der Waals surface area contributed by atoms with E-state index in [0.29, 0.717) is 42.9 Å². The highest BCUT2D eigenvalue weighted by Crippen LogP contribution is 2.44. The lowest BCUT2D eigenvalue weighted by Crippen LogP contribution is -2.44. The van der Waals surface area contributed by atoms with Crippen molar-refractivity contribution in [1.82, 2.24) is 20.1 Å². The number of carbonyl (C=O) groups is 1. The molecule has 4 N–H and O–H groups in total. The van der Waals surface area contributed by atoms with Gasteiger partial charge in [0.15, 0.2) is 0 Å². The molecule has 2 heterocycles. The number of H-pyrrole nitrogens is 1. The number of halogens is 3. The van der Waals surface area contributed by atoms with Crippen molar-refractivity contribution in [1.29, 1.82) is 0 Å². The summed E-state index contributed by atoms with van der Waals surface area (Å²) in [5.74, 6) is -2.29. The fourth-order valence-corrected chi connectivity index (χ4v) is 4.61. The number of piperidine rings is 1. The molecule has 9 nitrogen and oxygen atoms in total. The summed E-state index contributed by atoms with van der Waals surface area (Å²) in [4.78, 5) is 17.9. The summed E-state index contributed by atoms with van der Waals surface area (Å²) in [7, 11) is 0. The standard InChI is InChI=1S/C27H33ClF2N6O3/c1-5-27(29,30)20-14-17(32-24-33-23(31)34-35-24)15-21(28)22(20)16-6-8-18(9-7-16)38-19-10-12-36(13-11-19)25(37)39-26(2,3)4/h6-9,14-15,19H,5,10-13H2,1-4H3,(H4,31,32,33,34,35). The number of nitrogens with two attached hydrogens (primary N) is 1. The monoisotopic (exact) mass is 562 g/mol. The molecule has 0 aliphatic carbocycles. The fourth-order valence-electron chi connectivity index (χ4n) is 4.29. The van der Waals surface area contributed by atoms with Gasteiger partial charge in [0.2, 0.25) is 11.9 Å². The Kier molecular flexibility index (Phi) is 8.20. The number of ether oxygens (including phenoxy) is 2. The van der Waals surface area contributed by atoms with Gasteiger partial charge < -0.3 is 25.4 Å². The second kappa shape index (κ2) is 11.3. The Morgan fingerprint density at radius 2 is 1.87 bits per heavy atom. The van der Waals surface area contributed by atoms with Crippen LogP contribution >= 0.6 is 11.6 Å². The maximum absolute atomic E-state index is 15.1. The number of likely N-dealkylation sites (tertiary alicyclic amines) is 1. The molecule has 210 valence electrons. The largest absolute Gasteiger partial charge is 0.490 e. The molecule has 2 aromatic carbocycles. The van der Waals surface area contributed by atoms with Gasteiger partial charge in [0.1, 0.15) is 17.5 Å². The van der Waals surface area contributed by atoms with E-state index in [0.717, 1.165) is 0 Å². The topological polar surface area (TPSA) is 118 Å². The molecule has 1 saturated heterocycles. The molecule has 4 rings (SSSR count). The SMILES string of the molecule is CCC(F)(F)c1cc(Nc2n[nH]c(N)n2)cc(Cl)c1-c1ccc(OC2CCN(C(=O)OC(C)(C)C)CC2)cc1. The van der Waals surface area contributed by atoms with Crippen LogP contribution < -0.4 is 15.8 Å². The molecule has 1 aliphatic rings. The number of nitrogens with zero attached hydrogens (tertiary/aromatic N) is 3. The highest BCUT2D eigenvalue weighted by Gasteiger charge is 2.34. The zero-order valence-corrected chi connectivity index (χ0v) is 23.1. The molecule has 1 amide bonds. The van der Waals surface area contributed by atoms with Gasteiger partial charge in [-0.05, 0) is 50.6 Å². The molecule has 39 heavy (non-hydrogen) atoms. The average molecular weight is 563 g/mol. The third-order valence-corrected chi connectivity index (χ3v) is 6.52. The molecule has 1 aliphatic heterocycles. The van der Waals surface area contributed by atoms with Crippen LogP contribution in [-0.4, -0.2) is 51.0 Å². The molecule has 0 unspecified atom stereocenters. The van der Waals surface area contributed by atoms with E-state index >= 15 is 8.78 Å². The normalized spacial score (nSPS) is 14.8. The van der Waals surface area contributed by atoms with Gasteiger partial charge in [-0.3, -0.25) is 0 Å². The number of hydrogen-bond donors (Lipinski definition) is 3. The summed E-state index contributed by atoms with van der Waals surface area (Å²) in [6.07, 6.45) is 0.507. The van der Waals surface area contributed by atoms with E-state index in [-0.39, 0.29) is 40.2 Å². The number of benzene rings is 2. The smallest absolute Gasteiger partial charge is 0.410 e. The van der Waals surface area contributed by atoms with E-state index in [9.17, 15) is 4.79 Å². The van der Waals surface area contributed by atoms with Crippen molar-refractivity contribution in [3.05, 3.63) is 47.0 Å². The van der Waals surface area contributed by atoms with E-state index in [1.54, 1.807) is 35.2 Å². The second-order valence-corrected chi connectivity index (χ2v) is 10.8. The predicted molar refractivity (Wildman–Crippen MR) is 147 cm³/mol. The summed E-state index contributed by atoms with van der Waals surface area (Å²) < 4.78 is 41.7. The highest BCUT2D eigenvalue weighted by molar-refractivity contribution is 6.34. The maximum atomic E-state index is 15.1. The summed E-state index contributed by atoms with van der Waals surface area (Å²) >= 11 is 6.56. The maximum Gasteiger partial charge on any atom is 0.410 e. The highest BCUT2D eigenvalue weighted by atomic mass is 35.5. The predicted octanol–water partition coefficient (Wildman–Crippen LogP) is 6.73. The second-order valence-electron chi connectivity index (χ2n) is 10.4. The van der Waals surface area contributed by atoms with Crippen LogP contribution in [-0.2, 0) is 10.7 Å². The van der Waals surface area contributed by atoms with Crippen molar-refractivity contribution in [3.63, 3.8) is 0 Å². The van der Waals surface area contributed by atoms with Gasteiger partial charge in [-0.1, -0.05) is 30.7 Å². The van der Waals surface area contributed by atoms with Crippen LogP contribution in [0.25, 0.3) is 11.1 Å². The van der Waals surface area contributed by atoms with Crippen LogP contribution in [0.15, 0.2) is 36.4 Å². The lowest BCUT2D eigenvalue weighted by atomic mass is 9.93. The van der Waals surface area contributed by atoms with Crippen molar-refractivity contribution >= 4 is 35.3 Å². The number of aromatic amines is 1. The van der Waals surface area contributed by atoms with Crippen LogP contribution in [0.1, 0.15) is 52.5 Å². The van der Waals surface area contributed by atoms with Gasteiger partial charge in [-0.15, -0.1) is 5.10 Å². The number of nitrogen functional groups attached to an aromatic ring is 1. The summed E-state index contributed by atoms with van der Waals surface area (Å²) in [6.45, 7) is 7.99. The first kappa shape index (κ1) is 28.4. The van der Waals surface area contributed by atoms with E-state index < -0.39 is 17.9 Å². The minimum Gasteiger partial charge on any atom is -0.490 e. The molecule has 1 fully saturated rings. The summed E-state index contributed by atoms with van der Waals surface area (Å²) in [6, 6.07) is 9.79. The van der Waals surface area contributed by atoms with Crippen molar-refractivity contribution < 1.29 is 23.0 Å². The van der Waals surface area contributed by atoms with Gasteiger partial charge in [0, 0.05) is 49.2 Å². The third-order valence-electron chi connectivity index (χ3n) is 6.23. The van der Waals surface area contributed by atoms with E-state index in [1.807, 2.05) is 20.8 Å². The number of rotatable bonds is 7. The van der Waals surface area contributed by atoms with Crippen molar-refractivity contribution in [2.45, 2.75) is 64.6 Å². The Bertz CT molecular complexity index is 1300. The molecular formula is C27H33ClF2N6O3. The van der Waals surface area contributed by atoms with E-state index in [1.165, 1.54) is 13.0 Å². The Labute approximate surface area is 231 Å². The zero-order chi connectivity index (χ0) is 28.4. The lowest BCUT2D eigenvalue weighted by Gasteiger charge is -2.33. The third kappa shape index (κ3) is 7.08. The van der Waals surface area contributed by atoms with E-state index in [4.69, 9.17) is 26.8 Å². The number of hydrogen-bond acceptors (Lipinski definition) is 7.